The Balaban J connectivity index is 2.13. The maximum Gasteiger partial charge on any atom is 0.0829 e. The highest BCUT2D eigenvalue weighted by Gasteiger charge is 2.38. The SMILES string of the molecule is Cc1ccccc1CC1(O)CC(C)N(C)C1. The minimum atomic E-state index is -0.541. The van der Waals surface area contributed by atoms with Crippen LogP contribution in [0.5, 0.6) is 0 Å². The van der Waals surface area contributed by atoms with Crippen molar-refractivity contribution in [3.05, 3.63) is 35.4 Å². The van der Waals surface area contributed by atoms with Gasteiger partial charge < -0.3 is 10.0 Å². The molecule has 0 bridgehead atoms. The fourth-order valence-corrected chi connectivity index (χ4v) is 2.68. The normalized spacial score (nSPS) is 30.9. The number of β-amino-alcohol motifs (C(OH)–C–C–N with tert-alkyl or cyclic N) is 1. The van der Waals surface area contributed by atoms with Crippen molar-refractivity contribution in [3.8, 4) is 0 Å². The Morgan fingerprint density at radius 1 is 1.44 bits per heavy atom. The van der Waals surface area contributed by atoms with E-state index in [-0.39, 0.29) is 0 Å². The van der Waals surface area contributed by atoms with Gasteiger partial charge >= 0.3 is 0 Å². The molecule has 0 radical (unpaired) electrons. The number of likely N-dealkylation sites (tertiary alicyclic amines) is 1. The first-order valence-corrected chi connectivity index (χ1v) is 5.97. The number of benzene rings is 1. The number of hydrogen-bond donors (Lipinski definition) is 1. The molecule has 1 aliphatic rings. The van der Waals surface area contributed by atoms with E-state index in [4.69, 9.17) is 0 Å². The second-order valence-electron chi connectivity index (χ2n) is 5.30. The maximum atomic E-state index is 10.6. The molecule has 0 spiro atoms. The first-order chi connectivity index (χ1) is 7.50. The first-order valence-electron chi connectivity index (χ1n) is 5.97. The summed E-state index contributed by atoms with van der Waals surface area (Å²) in [5, 5.41) is 10.6. The van der Waals surface area contributed by atoms with Crippen LogP contribution in [0.2, 0.25) is 0 Å². The molecule has 1 saturated heterocycles. The lowest BCUT2D eigenvalue weighted by Gasteiger charge is -2.23. The molecular formula is C14H21NO. The zero-order valence-corrected chi connectivity index (χ0v) is 10.4. The highest BCUT2D eigenvalue weighted by atomic mass is 16.3. The number of hydrogen-bond acceptors (Lipinski definition) is 2. The van der Waals surface area contributed by atoms with Crippen LogP contribution in [0.4, 0.5) is 0 Å². The van der Waals surface area contributed by atoms with Gasteiger partial charge in [-0.3, -0.25) is 0 Å². The Morgan fingerprint density at radius 3 is 2.69 bits per heavy atom. The molecule has 2 unspecified atom stereocenters. The zero-order valence-electron chi connectivity index (χ0n) is 10.4. The van der Waals surface area contributed by atoms with Gasteiger partial charge in [-0.15, -0.1) is 0 Å². The van der Waals surface area contributed by atoms with Crippen LogP contribution >= 0.6 is 0 Å². The molecule has 2 rings (SSSR count). The molecule has 1 heterocycles. The fourth-order valence-electron chi connectivity index (χ4n) is 2.68. The monoisotopic (exact) mass is 219 g/mol. The van der Waals surface area contributed by atoms with E-state index in [1.54, 1.807) is 0 Å². The van der Waals surface area contributed by atoms with Crippen LogP contribution in [-0.2, 0) is 6.42 Å². The number of aliphatic hydroxyl groups is 1. The Morgan fingerprint density at radius 2 is 2.12 bits per heavy atom. The highest BCUT2D eigenvalue weighted by Crippen LogP contribution is 2.29. The average Bonchev–Trinajstić information content (AvgIpc) is 2.45. The summed E-state index contributed by atoms with van der Waals surface area (Å²) in [6, 6.07) is 8.81. The van der Waals surface area contributed by atoms with Crippen molar-refractivity contribution in [1.29, 1.82) is 0 Å². The van der Waals surface area contributed by atoms with Crippen molar-refractivity contribution >= 4 is 0 Å². The number of likely N-dealkylation sites (N-methyl/N-ethyl adjacent to an activating group) is 1. The third kappa shape index (κ3) is 2.28. The van der Waals surface area contributed by atoms with E-state index in [1.165, 1.54) is 11.1 Å². The van der Waals surface area contributed by atoms with Crippen LogP contribution < -0.4 is 0 Å². The molecular weight excluding hydrogens is 198 g/mol. The highest BCUT2D eigenvalue weighted by molar-refractivity contribution is 5.27. The first kappa shape index (κ1) is 11.6. The minimum Gasteiger partial charge on any atom is -0.388 e. The van der Waals surface area contributed by atoms with Crippen LogP contribution in [-0.4, -0.2) is 35.2 Å². The molecule has 16 heavy (non-hydrogen) atoms. The second kappa shape index (κ2) is 4.19. The summed E-state index contributed by atoms with van der Waals surface area (Å²) in [7, 11) is 2.08. The van der Waals surface area contributed by atoms with Gasteiger partial charge in [-0.1, -0.05) is 24.3 Å². The molecule has 1 fully saturated rings. The van der Waals surface area contributed by atoms with Crippen molar-refractivity contribution < 1.29 is 5.11 Å². The molecule has 1 aliphatic heterocycles. The summed E-state index contributed by atoms with van der Waals surface area (Å²) in [4.78, 5) is 2.23. The van der Waals surface area contributed by atoms with Crippen LogP contribution in [0, 0.1) is 6.92 Å². The lowest BCUT2D eigenvalue weighted by Crippen LogP contribution is -2.34. The Labute approximate surface area is 97.9 Å². The van der Waals surface area contributed by atoms with Crippen LogP contribution in [0.3, 0.4) is 0 Å². The standard InChI is InChI=1S/C14H21NO/c1-11-6-4-5-7-13(11)9-14(16)8-12(2)15(3)10-14/h4-7,12,16H,8-10H2,1-3H3. The number of nitrogens with zero attached hydrogens (tertiary/aromatic N) is 1. The molecule has 1 aromatic carbocycles. The number of aryl methyl sites for hydroxylation is 1. The van der Waals surface area contributed by atoms with Crippen molar-refractivity contribution in [2.24, 2.45) is 0 Å². The summed E-state index contributed by atoms with van der Waals surface area (Å²) >= 11 is 0. The van der Waals surface area contributed by atoms with Crippen LogP contribution in [0.1, 0.15) is 24.5 Å². The van der Waals surface area contributed by atoms with E-state index in [0.717, 1.165) is 19.4 Å². The molecule has 1 N–H and O–H groups in total. The van der Waals surface area contributed by atoms with Crippen LogP contribution in [0.15, 0.2) is 24.3 Å². The van der Waals surface area contributed by atoms with Crippen LogP contribution in [0.25, 0.3) is 0 Å². The Bertz CT molecular complexity index is 365. The molecule has 0 amide bonds. The third-order valence-corrected chi connectivity index (χ3v) is 3.75. The topological polar surface area (TPSA) is 23.5 Å². The van der Waals surface area contributed by atoms with Gasteiger partial charge in [0.1, 0.15) is 0 Å². The van der Waals surface area contributed by atoms with Crippen molar-refractivity contribution in [1.82, 2.24) is 4.90 Å². The predicted octanol–water partition coefficient (Wildman–Crippen LogP) is 1.99. The van der Waals surface area contributed by atoms with Gasteiger partial charge in [-0.2, -0.15) is 0 Å². The predicted molar refractivity (Wildman–Crippen MR) is 66.5 cm³/mol. The molecule has 2 nitrogen and oxygen atoms in total. The van der Waals surface area contributed by atoms with Crippen molar-refractivity contribution in [2.75, 3.05) is 13.6 Å². The van der Waals surface area contributed by atoms with E-state index >= 15 is 0 Å². The average molecular weight is 219 g/mol. The van der Waals surface area contributed by atoms with E-state index in [0.29, 0.717) is 6.04 Å². The van der Waals surface area contributed by atoms with E-state index in [1.807, 2.05) is 12.1 Å². The molecule has 88 valence electrons. The Kier molecular flexibility index (Phi) is 3.04. The fraction of sp³-hybridized carbons (Fsp3) is 0.571. The van der Waals surface area contributed by atoms with Gasteiger partial charge in [0, 0.05) is 19.0 Å². The van der Waals surface area contributed by atoms with E-state index in [9.17, 15) is 5.11 Å². The largest absolute Gasteiger partial charge is 0.388 e. The number of rotatable bonds is 2. The van der Waals surface area contributed by atoms with Gasteiger partial charge in [-0.05, 0) is 38.4 Å². The summed E-state index contributed by atoms with van der Waals surface area (Å²) < 4.78 is 0. The van der Waals surface area contributed by atoms with Gasteiger partial charge in [-0.25, -0.2) is 0 Å². The quantitative estimate of drug-likeness (QED) is 0.822. The minimum absolute atomic E-state index is 0.481. The maximum absolute atomic E-state index is 10.6. The Hall–Kier alpha value is -0.860. The van der Waals surface area contributed by atoms with E-state index in [2.05, 4.69) is 37.9 Å². The molecule has 2 heteroatoms. The smallest absolute Gasteiger partial charge is 0.0829 e. The summed E-state index contributed by atoms with van der Waals surface area (Å²) in [5.41, 5.74) is 2.01. The lowest BCUT2D eigenvalue weighted by molar-refractivity contribution is 0.0519. The third-order valence-electron chi connectivity index (χ3n) is 3.75. The summed E-state index contributed by atoms with van der Waals surface area (Å²) in [6.45, 7) is 5.07. The van der Waals surface area contributed by atoms with Gasteiger partial charge in [0.15, 0.2) is 0 Å². The van der Waals surface area contributed by atoms with E-state index < -0.39 is 5.60 Å². The zero-order chi connectivity index (χ0) is 11.8. The molecule has 0 saturated carbocycles. The van der Waals surface area contributed by atoms with Gasteiger partial charge in [0.2, 0.25) is 0 Å². The van der Waals surface area contributed by atoms with Gasteiger partial charge in [0.05, 0.1) is 5.60 Å². The molecule has 0 aliphatic carbocycles. The van der Waals surface area contributed by atoms with Crippen molar-refractivity contribution in [3.63, 3.8) is 0 Å². The van der Waals surface area contributed by atoms with Gasteiger partial charge in [0.25, 0.3) is 0 Å². The molecule has 1 aromatic rings. The molecule has 0 aromatic heterocycles. The van der Waals surface area contributed by atoms with Crippen molar-refractivity contribution in [2.45, 2.75) is 38.3 Å². The summed E-state index contributed by atoms with van der Waals surface area (Å²) in [6.07, 6.45) is 1.65. The molecule has 2 atom stereocenters. The summed E-state index contributed by atoms with van der Waals surface area (Å²) in [5.74, 6) is 0. The second-order valence-corrected chi connectivity index (χ2v) is 5.30. The lowest BCUT2D eigenvalue weighted by atomic mass is 9.90.